The maximum absolute atomic E-state index is 6.19. The molecule has 0 spiro atoms. The quantitative estimate of drug-likeness (QED) is 0.785. The maximum atomic E-state index is 6.19. The van der Waals surface area contributed by atoms with Gasteiger partial charge in [0.2, 0.25) is 0 Å². The zero-order valence-corrected chi connectivity index (χ0v) is 11.4. The molecule has 0 radical (unpaired) electrons. The average Bonchev–Trinajstić information content (AvgIpc) is 2.80. The van der Waals surface area contributed by atoms with Gasteiger partial charge in [-0.15, -0.1) is 11.6 Å². The normalized spacial score (nSPS) is 17.4. The van der Waals surface area contributed by atoms with E-state index in [1.54, 1.807) is 0 Å². The van der Waals surface area contributed by atoms with Crippen molar-refractivity contribution in [2.45, 2.75) is 24.8 Å². The summed E-state index contributed by atoms with van der Waals surface area (Å²) in [4.78, 5) is 4.56. The van der Waals surface area contributed by atoms with Crippen LogP contribution >= 0.6 is 23.2 Å². The second-order valence-corrected chi connectivity index (χ2v) is 5.16. The number of nitrogens with zero attached hydrogens (tertiary/aromatic N) is 2. The fourth-order valence-corrected chi connectivity index (χ4v) is 2.98. The van der Waals surface area contributed by atoms with E-state index in [-0.39, 0.29) is 0 Å². The lowest BCUT2D eigenvalue weighted by atomic mass is 10.1. The molecule has 1 aromatic heterocycles. The van der Waals surface area contributed by atoms with Crippen LogP contribution in [0.25, 0.3) is 11.0 Å². The maximum Gasteiger partial charge on any atom is 0.125 e. The van der Waals surface area contributed by atoms with Gasteiger partial charge < -0.3 is 9.30 Å². The van der Waals surface area contributed by atoms with E-state index in [0.717, 1.165) is 42.9 Å². The molecule has 18 heavy (non-hydrogen) atoms. The van der Waals surface area contributed by atoms with Crippen molar-refractivity contribution >= 4 is 34.2 Å². The molecule has 0 N–H and O–H groups in total. The van der Waals surface area contributed by atoms with E-state index in [9.17, 15) is 0 Å². The average molecular weight is 285 g/mol. The second-order valence-electron chi connectivity index (χ2n) is 4.48. The molecule has 96 valence electrons. The van der Waals surface area contributed by atoms with Crippen molar-refractivity contribution < 1.29 is 4.74 Å². The topological polar surface area (TPSA) is 27.1 Å². The van der Waals surface area contributed by atoms with Gasteiger partial charge in [0, 0.05) is 19.3 Å². The summed E-state index contributed by atoms with van der Waals surface area (Å²) in [5.41, 5.74) is 1.92. The highest BCUT2D eigenvalue weighted by Gasteiger charge is 2.21. The zero-order valence-electron chi connectivity index (χ0n) is 9.90. The number of benzene rings is 1. The Morgan fingerprint density at radius 1 is 1.33 bits per heavy atom. The molecule has 0 aliphatic carbocycles. The molecule has 5 heteroatoms. The Hall–Kier alpha value is -0.770. The summed E-state index contributed by atoms with van der Waals surface area (Å²) in [5.74, 6) is 1.30. The molecule has 2 heterocycles. The summed E-state index contributed by atoms with van der Waals surface area (Å²) >= 11 is 12.2. The van der Waals surface area contributed by atoms with E-state index in [1.807, 2.05) is 12.1 Å². The van der Waals surface area contributed by atoms with Crippen LogP contribution in [0.2, 0.25) is 5.02 Å². The minimum atomic E-state index is 0.405. The monoisotopic (exact) mass is 284 g/mol. The summed E-state index contributed by atoms with van der Waals surface area (Å²) in [5, 5.41) is 0.685. The first kappa shape index (κ1) is 12.3. The summed E-state index contributed by atoms with van der Waals surface area (Å²) in [7, 11) is 0. The van der Waals surface area contributed by atoms with E-state index in [0.29, 0.717) is 16.9 Å². The molecule has 0 unspecified atom stereocenters. The number of alkyl halides is 1. The Bertz CT molecular complexity index is 561. The number of hydrogen-bond acceptors (Lipinski definition) is 2. The van der Waals surface area contributed by atoms with Crippen LogP contribution in [0, 0.1) is 0 Å². The van der Waals surface area contributed by atoms with E-state index in [4.69, 9.17) is 27.9 Å². The van der Waals surface area contributed by atoms with Crippen LogP contribution in [0.1, 0.15) is 24.7 Å². The number of imidazole rings is 1. The van der Waals surface area contributed by atoms with Gasteiger partial charge in [0.05, 0.1) is 16.4 Å². The first-order valence-electron chi connectivity index (χ1n) is 6.10. The Morgan fingerprint density at radius 3 is 2.83 bits per heavy atom. The Labute approximate surface area is 116 Å². The van der Waals surface area contributed by atoms with E-state index >= 15 is 0 Å². The Kier molecular flexibility index (Phi) is 3.46. The van der Waals surface area contributed by atoms with E-state index < -0.39 is 0 Å². The van der Waals surface area contributed by atoms with Gasteiger partial charge in [-0.3, -0.25) is 0 Å². The standard InChI is InChI=1S/C13H14Cl2N2O/c14-8-12-16-13-10(15)2-1-3-11(13)17(12)9-4-6-18-7-5-9/h1-3,9H,4-8H2. The Balaban J connectivity index is 2.16. The largest absolute Gasteiger partial charge is 0.381 e. The van der Waals surface area contributed by atoms with Gasteiger partial charge in [-0.05, 0) is 25.0 Å². The first-order chi connectivity index (χ1) is 8.81. The molecule has 2 aromatic rings. The van der Waals surface area contributed by atoms with Crippen molar-refractivity contribution in [2.75, 3.05) is 13.2 Å². The SMILES string of the molecule is ClCc1nc2c(Cl)cccc2n1C1CCOCC1. The van der Waals surface area contributed by atoms with Crippen molar-refractivity contribution in [1.29, 1.82) is 0 Å². The van der Waals surface area contributed by atoms with Crippen molar-refractivity contribution in [3.63, 3.8) is 0 Å². The molecule has 1 fully saturated rings. The van der Waals surface area contributed by atoms with Crippen molar-refractivity contribution in [3.05, 3.63) is 29.0 Å². The number of ether oxygens (including phenoxy) is 1. The Morgan fingerprint density at radius 2 is 2.11 bits per heavy atom. The van der Waals surface area contributed by atoms with Gasteiger partial charge in [0.25, 0.3) is 0 Å². The first-order valence-corrected chi connectivity index (χ1v) is 7.01. The number of fused-ring (bicyclic) bond motifs is 1. The number of para-hydroxylation sites is 1. The lowest BCUT2D eigenvalue weighted by Gasteiger charge is -2.25. The van der Waals surface area contributed by atoms with Crippen LogP contribution in [-0.2, 0) is 10.6 Å². The number of aromatic nitrogens is 2. The van der Waals surface area contributed by atoms with Crippen molar-refractivity contribution in [1.82, 2.24) is 9.55 Å². The molecule has 0 amide bonds. The van der Waals surface area contributed by atoms with Gasteiger partial charge in [0.15, 0.2) is 0 Å². The molecule has 0 saturated carbocycles. The van der Waals surface area contributed by atoms with Crippen molar-refractivity contribution in [2.24, 2.45) is 0 Å². The van der Waals surface area contributed by atoms with Crippen molar-refractivity contribution in [3.8, 4) is 0 Å². The van der Waals surface area contributed by atoms with E-state index in [2.05, 4.69) is 15.6 Å². The second kappa shape index (κ2) is 5.08. The van der Waals surface area contributed by atoms with Crippen LogP contribution in [0.5, 0.6) is 0 Å². The number of rotatable bonds is 2. The van der Waals surface area contributed by atoms with Gasteiger partial charge in [0.1, 0.15) is 11.3 Å². The predicted molar refractivity (Wildman–Crippen MR) is 73.4 cm³/mol. The van der Waals surface area contributed by atoms with Crippen LogP contribution in [-0.4, -0.2) is 22.8 Å². The van der Waals surface area contributed by atoms with Crippen LogP contribution in [0.4, 0.5) is 0 Å². The fraction of sp³-hybridized carbons (Fsp3) is 0.462. The lowest BCUT2D eigenvalue weighted by Crippen LogP contribution is -2.20. The summed E-state index contributed by atoms with van der Waals surface area (Å²) in [6.45, 7) is 1.60. The molecular formula is C13H14Cl2N2O. The molecule has 1 aliphatic rings. The molecule has 1 saturated heterocycles. The molecule has 0 atom stereocenters. The molecule has 1 aromatic carbocycles. The lowest BCUT2D eigenvalue weighted by molar-refractivity contribution is 0.0700. The van der Waals surface area contributed by atoms with Crippen LogP contribution in [0.15, 0.2) is 18.2 Å². The highest BCUT2D eigenvalue weighted by Crippen LogP contribution is 2.31. The molecule has 1 aliphatic heterocycles. The van der Waals surface area contributed by atoms with Gasteiger partial charge in [-0.1, -0.05) is 17.7 Å². The predicted octanol–water partition coefficient (Wildman–Crippen LogP) is 3.78. The minimum Gasteiger partial charge on any atom is -0.381 e. The van der Waals surface area contributed by atoms with Crippen LogP contribution in [0.3, 0.4) is 0 Å². The highest BCUT2D eigenvalue weighted by atomic mass is 35.5. The van der Waals surface area contributed by atoms with Gasteiger partial charge in [-0.25, -0.2) is 4.98 Å². The minimum absolute atomic E-state index is 0.405. The van der Waals surface area contributed by atoms with Crippen LogP contribution < -0.4 is 0 Å². The third-order valence-electron chi connectivity index (χ3n) is 3.42. The number of hydrogen-bond donors (Lipinski definition) is 0. The third-order valence-corrected chi connectivity index (χ3v) is 3.96. The van der Waals surface area contributed by atoms with E-state index in [1.165, 1.54) is 0 Å². The van der Waals surface area contributed by atoms with Gasteiger partial charge >= 0.3 is 0 Å². The zero-order chi connectivity index (χ0) is 12.5. The molecular weight excluding hydrogens is 271 g/mol. The third kappa shape index (κ3) is 2.00. The number of halogens is 2. The smallest absolute Gasteiger partial charge is 0.125 e. The molecule has 3 rings (SSSR count). The molecule has 0 bridgehead atoms. The van der Waals surface area contributed by atoms with Gasteiger partial charge in [-0.2, -0.15) is 0 Å². The fourth-order valence-electron chi connectivity index (χ4n) is 2.58. The summed E-state index contributed by atoms with van der Waals surface area (Å²) in [6.07, 6.45) is 2.00. The summed E-state index contributed by atoms with van der Waals surface area (Å²) in [6, 6.07) is 6.29. The summed E-state index contributed by atoms with van der Waals surface area (Å²) < 4.78 is 7.65. The molecule has 3 nitrogen and oxygen atoms in total. The highest BCUT2D eigenvalue weighted by molar-refractivity contribution is 6.35.